The molecule has 7 nitrogen and oxygen atoms in total. The van der Waals surface area contributed by atoms with Gasteiger partial charge in [0.2, 0.25) is 11.8 Å². The molecule has 29 heavy (non-hydrogen) atoms. The zero-order valence-electron chi connectivity index (χ0n) is 18.9. The lowest BCUT2D eigenvalue weighted by Gasteiger charge is -2.19. The van der Waals surface area contributed by atoms with Gasteiger partial charge in [-0.05, 0) is 35.2 Å². The minimum atomic E-state index is -1.02. The lowest BCUT2D eigenvalue weighted by atomic mass is 9.90. The molecule has 3 N–H and O–H groups in total. The van der Waals surface area contributed by atoms with Crippen molar-refractivity contribution in [2.24, 2.45) is 10.8 Å². The molecule has 0 aliphatic rings. The number of ether oxygens (including phenoxy) is 1. The lowest BCUT2D eigenvalue weighted by molar-refractivity contribution is -0.142. The number of hydrogen-bond acceptors (Lipinski definition) is 5. The van der Waals surface area contributed by atoms with Gasteiger partial charge in [0.25, 0.3) is 0 Å². The molecule has 0 radical (unpaired) electrons. The summed E-state index contributed by atoms with van der Waals surface area (Å²) in [5.74, 6) is 0.254. The molecule has 0 bridgehead atoms. The van der Waals surface area contributed by atoms with E-state index < -0.39 is 12.0 Å². The SMILES string of the molecule is CC(C)(C)CCC(=O)NCCOCCC(=O)NC(CCSCC(C)(C)C)C(=O)O. The van der Waals surface area contributed by atoms with Gasteiger partial charge < -0.3 is 20.5 Å². The lowest BCUT2D eigenvalue weighted by Crippen LogP contribution is -2.41. The molecule has 2 amide bonds. The number of rotatable bonds is 14. The molecule has 0 aromatic rings. The fourth-order valence-electron chi connectivity index (χ4n) is 2.21. The highest BCUT2D eigenvalue weighted by atomic mass is 32.2. The summed E-state index contributed by atoms with van der Waals surface area (Å²) in [6.07, 6.45) is 1.79. The van der Waals surface area contributed by atoms with Crippen LogP contribution in [0.3, 0.4) is 0 Å². The maximum absolute atomic E-state index is 11.9. The minimum Gasteiger partial charge on any atom is -0.480 e. The summed E-state index contributed by atoms with van der Waals surface area (Å²) < 4.78 is 5.35. The van der Waals surface area contributed by atoms with Crippen LogP contribution in [0.15, 0.2) is 0 Å². The van der Waals surface area contributed by atoms with Crippen LogP contribution in [0.4, 0.5) is 0 Å². The monoisotopic (exact) mass is 432 g/mol. The standard InChI is InChI=1S/C21H40N2O5S/c1-20(2,3)10-7-17(24)22-11-13-28-12-8-18(25)23-16(19(26)27)9-14-29-15-21(4,5)6/h16H,7-15H2,1-6H3,(H,22,24)(H,23,25)(H,26,27). The third-order valence-electron chi connectivity index (χ3n) is 3.86. The molecular formula is C21H40N2O5S. The third kappa shape index (κ3) is 18.5. The second-order valence-electron chi connectivity index (χ2n) is 9.63. The molecule has 0 saturated heterocycles. The fraction of sp³-hybridized carbons (Fsp3) is 0.857. The highest BCUT2D eigenvalue weighted by Crippen LogP contribution is 2.21. The molecule has 1 unspecified atom stereocenters. The predicted octanol–water partition coefficient (Wildman–Crippen LogP) is 3.07. The van der Waals surface area contributed by atoms with E-state index in [-0.39, 0.29) is 35.7 Å². The topological polar surface area (TPSA) is 105 Å². The average molecular weight is 433 g/mol. The maximum Gasteiger partial charge on any atom is 0.326 e. The summed E-state index contributed by atoms with van der Waals surface area (Å²) in [6.45, 7) is 13.6. The van der Waals surface area contributed by atoms with E-state index >= 15 is 0 Å². The van der Waals surface area contributed by atoms with Gasteiger partial charge in [0.15, 0.2) is 0 Å². The second-order valence-corrected chi connectivity index (χ2v) is 10.7. The summed E-state index contributed by atoms with van der Waals surface area (Å²) in [6, 6.07) is -0.878. The van der Waals surface area contributed by atoms with E-state index in [9.17, 15) is 19.5 Å². The molecule has 1 atom stereocenters. The Balaban J connectivity index is 3.89. The smallest absolute Gasteiger partial charge is 0.326 e. The van der Waals surface area contributed by atoms with Crippen LogP contribution in [0.25, 0.3) is 0 Å². The van der Waals surface area contributed by atoms with E-state index in [1.54, 1.807) is 11.8 Å². The molecule has 0 aromatic carbocycles. The van der Waals surface area contributed by atoms with Gasteiger partial charge in [-0.3, -0.25) is 9.59 Å². The first kappa shape index (κ1) is 27.7. The van der Waals surface area contributed by atoms with E-state index in [1.807, 2.05) is 0 Å². The first-order valence-electron chi connectivity index (χ1n) is 10.2. The van der Waals surface area contributed by atoms with Gasteiger partial charge in [0.05, 0.1) is 13.2 Å². The van der Waals surface area contributed by atoms with E-state index in [1.165, 1.54) is 0 Å². The van der Waals surface area contributed by atoms with Crippen LogP contribution >= 0.6 is 11.8 Å². The number of carboxylic acid groups (broad SMARTS) is 1. The van der Waals surface area contributed by atoms with Crippen LogP contribution in [0.5, 0.6) is 0 Å². The Morgan fingerprint density at radius 3 is 2.17 bits per heavy atom. The van der Waals surface area contributed by atoms with Crippen molar-refractivity contribution in [2.75, 3.05) is 31.3 Å². The number of hydrogen-bond donors (Lipinski definition) is 3. The number of carbonyl (C=O) groups is 3. The van der Waals surface area contributed by atoms with Gasteiger partial charge >= 0.3 is 5.97 Å². The Morgan fingerprint density at radius 2 is 1.62 bits per heavy atom. The molecule has 0 fully saturated rings. The van der Waals surface area contributed by atoms with Crippen molar-refractivity contribution >= 4 is 29.5 Å². The zero-order chi connectivity index (χ0) is 22.5. The summed E-state index contributed by atoms with van der Waals surface area (Å²) in [5, 5.41) is 14.6. The summed E-state index contributed by atoms with van der Waals surface area (Å²) in [7, 11) is 0. The molecule has 0 aliphatic heterocycles. The van der Waals surface area contributed by atoms with Crippen LogP contribution in [0.1, 0.15) is 67.2 Å². The van der Waals surface area contributed by atoms with E-state index in [0.717, 1.165) is 12.2 Å². The highest BCUT2D eigenvalue weighted by Gasteiger charge is 2.20. The van der Waals surface area contributed by atoms with Gasteiger partial charge in [-0.1, -0.05) is 41.5 Å². The second kappa shape index (κ2) is 13.9. The minimum absolute atomic E-state index is 0.00472. The van der Waals surface area contributed by atoms with E-state index in [0.29, 0.717) is 31.7 Å². The average Bonchev–Trinajstić information content (AvgIpc) is 2.57. The normalized spacial score (nSPS) is 13.0. The number of aliphatic carboxylic acids is 1. The molecule has 170 valence electrons. The Hall–Kier alpha value is -1.28. The number of amides is 2. The number of carboxylic acids is 1. The van der Waals surface area contributed by atoms with Gasteiger partial charge in [-0.2, -0.15) is 11.8 Å². The molecule has 0 spiro atoms. The highest BCUT2D eigenvalue weighted by molar-refractivity contribution is 7.99. The van der Waals surface area contributed by atoms with Crippen molar-refractivity contribution in [1.29, 1.82) is 0 Å². The van der Waals surface area contributed by atoms with Crippen LogP contribution in [-0.4, -0.2) is 60.2 Å². The van der Waals surface area contributed by atoms with Crippen LogP contribution in [-0.2, 0) is 19.1 Å². The molecule has 0 heterocycles. The number of carbonyl (C=O) groups excluding carboxylic acids is 2. The van der Waals surface area contributed by atoms with E-state index in [4.69, 9.17) is 4.74 Å². The van der Waals surface area contributed by atoms with Gasteiger partial charge in [0, 0.05) is 19.4 Å². The fourth-order valence-corrected chi connectivity index (χ4v) is 3.37. The van der Waals surface area contributed by atoms with Crippen molar-refractivity contribution in [3.05, 3.63) is 0 Å². The molecule has 0 aliphatic carbocycles. The first-order chi connectivity index (χ1) is 13.3. The van der Waals surface area contributed by atoms with Gasteiger partial charge in [-0.15, -0.1) is 0 Å². The maximum atomic E-state index is 11.9. The summed E-state index contributed by atoms with van der Waals surface area (Å²) in [5.41, 5.74) is 0.316. The van der Waals surface area contributed by atoms with Gasteiger partial charge in [-0.25, -0.2) is 4.79 Å². The van der Waals surface area contributed by atoms with Crippen molar-refractivity contribution in [1.82, 2.24) is 10.6 Å². The largest absolute Gasteiger partial charge is 0.480 e. The molecule has 0 saturated carbocycles. The number of nitrogens with one attached hydrogen (secondary N) is 2. The van der Waals surface area contributed by atoms with E-state index in [2.05, 4.69) is 52.2 Å². The molecule has 8 heteroatoms. The van der Waals surface area contributed by atoms with Crippen LogP contribution < -0.4 is 10.6 Å². The van der Waals surface area contributed by atoms with Crippen LogP contribution in [0.2, 0.25) is 0 Å². The summed E-state index contributed by atoms with van der Waals surface area (Å²) in [4.78, 5) is 35.0. The Morgan fingerprint density at radius 1 is 0.966 bits per heavy atom. The molecule has 0 aromatic heterocycles. The van der Waals surface area contributed by atoms with Crippen molar-refractivity contribution in [3.63, 3.8) is 0 Å². The van der Waals surface area contributed by atoms with Crippen molar-refractivity contribution < 1.29 is 24.2 Å². The van der Waals surface area contributed by atoms with Crippen LogP contribution in [0, 0.1) is 10.8 Å². The molecular weight excluding hydrogens is 392 g/mol. The van der Waals surface area contributed by atoms with Crippen molar-refractivity contribution in [3.8, 4) is 0 Å². The predicted molar refractivity (Wildman–Crippen MR) is 118 cm³/mol. The zero-order valence-corrected chi connectivity index (χ0v) is 19.7. The number of thioether (sulfide) groups is 1. The van der Waals surface area contributed by atoms with Gasteiger partial charge in [0.1, 0.15) is 6.04 Å². The summed E-state index contributed by atoms with van der Waals surface area (Å²) >= 11 is 1.69. The first-order valence-corrected chi connectivity index (χ1v) is 11.4. The Labute approximate surface area is 180 Å². The molecule has 0 rings (SSSR count). The quantitative estimate of drug-likeness (QED) is 0.364. The van der Waals surface area contributed by atoms with Crippen molar-refractivity contribution in [2.45, 2.75) is 73.3 Å². The third-order valence-corrected chi connectivity index (χ3v) is 5.46. The Kier molecular flexibility index (Phi) is 13.2. The Bertz CT molecular complexity index is 512.